The van der Waals surface area contributed by atoms with Crippen molar-refractivity contribution in [2.75, 3.05) is 40.9 Å². The summed E-state index contributed by atoms with van der Waals surface area (Å²) >= 11 is 0. The smallest absolute Gasteiger partial charge is 0.456 e. The number of phosphoric acid groups is 1. The van der Waals surface area contributed by atoms with E-state index in [9.17, 15) is 19.0 Å². The second-order valence-corrected chi connectivity index (χ2v) is 23.0. The van der Waals surface area contributed by atoms with Gasteiger partial charge in [-0.3, -0.25) is 18.6 Å². The highest BCUT2D eigenvalue weighted by molar-refractivity contribution is 7.47. The molecule has 0 aromatic carbocycles. The number of hydrogen-bond acceptors (Lipinski definition) is 6. The van der Waals surface area contributed by atoms with Gasteiger partial charge in [0.1, 0.15) is 19.3 Å². The van der Waals surface area contributed by atoms with Crippen molar-refractivity contribution in [3.63, 3.8) is 0 Å². The number of carbonyl (C=O) groups excluding carboxylic acids is 2. The molecule has 69 heavy (non-hydrogen) atoms. The molecular weight excluding hydrogens is 880 g/mol. The first-order valence-corrected chi connectivity index (χ1v) is 31.2. The van der Waals surface area contributed by atoms with Crippen LogP contribution in [0.4, 0.5) is 0 Å². The van der Waals surface area contributed by atoms with Gasteiger partial charge in [-0.25, -0.2) is 4.57 Å². The van der Waals surface area contributed by atoms with Gasteiger partial charge in [-0.1, -0.05) is 244 Å². The molecule has 0 spiro atoms. The minimum Gasteiger partial charge on any atom is -0.456 e. The van der Waals surface area contributed by atoms with Crippen LogP contribution in [-0.4, -0.2) is 74.3 Å². The van der Waals surface area contributed by atoms with Gasteiger partial charge >= 0.3 is 13.8 Å². The fourth-order valence-corrected chi connectivity index (χ4v) is 9.50. The number of ether oxygens (including phenoxy) is 1. The van der Waals surface area contributed by atoms with Crippen molar-refractivity contribution in [3.8, 4) is 0 Å². The lowest BCUT2D eigenvalue weighted by atomic mass is 10.0. The van der Waals surface area contributed by atoms with E-state index in [-0.39, 0.29) is 31.5 Å². The zero-order valence-electron chi connectivity index (χ0n) is 46.6. The number of carbonyl (C=O) groups is 2. The molecular formula is C59H116N2O7P+. The average molecular weight is 997 g/mol. The molecule has 0 aromatic rings. The standard InChI is InChI=1S/C59H115N2O7P/c1-7-10-13-16-19-22-25-28-30-31-32-33-36-39-42-45-48-51-58(62)60-56(55-67-69(64,65)66-54-53-61(4,5)6)57(50-47-44-41-38-35-27-24-21-18-15-12-9-3)68-59(63)52-49-46-43-40-37-34-29-26-23-20-17-14-11-8-2/h34,37,47,50,56-57H,7-33,35-36,38-46,48-49,51-55H2,1-6H3,(H-,60,62,64,65)/p+1/b37-34-,50-47+. The number of esters is 1. The third kappa shape index (κ3) is 51.2. The number of unbranched alkanes of at least 4 members (excludes halogenated alkanes) is 36. The molecule has 0 bridgehead atoms. The molecule has 3 atom stereocenters. The number of phosphoric ester groups is 1. The van der Waals surface area contributed by atoms with Crippen molar-refractivity contribution in [2.45, 2.75) is 303 Å². The number of hydrogen-bond donors (Lipinski definition) is 2. The predicted octanol–water partition coefficient (Wildman–Crippen LogP) is 17.8. The van der Waals surface area contributed by atoms with E-state index >= 15 is 0 Å². The average Bonchev–Trinajstić information content (AvgIpc) is 3.31. The Morgan fingerprint density at radius 1 is 0.493 bits per heavy atom. The Kier molecular flexibility index (Phi) is 48.9. The summed E-state index contributed by atoms with van der Waals surface area (Å²) in [5.41, 5.74) is 0. The van der Waals surface area contributed by atoms with Crippen molar-refractivity contribution in [2.24, 2.45) is 0 Å². The predicted molar refractivity (Wildman–Crippen MR) is 296 cm³/mol. The van der Waals surface area contributed by atoms with Gasteiger partial charge in [0.2, 0.25) is 5.91 Å². The largest absolute Gasteiger partial charge is 0.472 e. The minimum absolute atomic E-state index is 0.0414. The van der Waals surface area contributed by atoms with Crippen LogP contribution in [0.1, 0.15) is 290 Å². The van der Waals surface area contributed by atoms with Crippen LogP contribution in [0.25, 0.3) is 0 Å². The molecule has 0 saturated heterocycles. The van der Waals surface area contributed by atoms with Crippen LogP contribution >= 0.6 is 7.82 Å². The molecule has 0 aliphatic rings. The maximum atomic E-state index is 13.5. The van der Waals surface area contributed by atoms with E-state index in [1.807, 2.05) is 33.3 Å². The highest BCUT2D eigenvalue weighted by Gasteiger charge is 2.30. The molecule has 0 rings (SSSR count). The first kappa shape index (κ1) is 67.5. The molecule has 0 aromatic heterocycles. The molecule has 9 nitrogen and oxygen atoms in total. The molecule has 408 valence electrons. The van der Waals surface area contributed by atoms with Crippen LogP contribution in [0.2, 0.25) is 0 Å². The van der Waals surface area contributed by atoms with Gasteiger partial charge in [0.05, 0.1) is 33.8 Å². The Balaban J connectivity index is 5.30. The Morgan fingerprint density at radius 2 is 0.841 bits per heavy atom. The molecule has 10 heteroatoms. The van der Waals surface area contributed by atoms with E-state index in [0.717, 1.165) is 70.6 Å². The third-order valence-corrected chi connectivity index (χ3v) is 14.4. The minimum atomic E-state index is -4.44. The molecule has 0 heterocycles. The van der Waals surface area contributed by atoms with E-state index in [1.165, 1.54) is 186 Å². The fraction of sp³-hybridized carbons (Fsp3) is 0.898. The summed E-state index contributed by atoms with van der Waals surface area (Å²) in [6, 6.07) is -0.847. The van der Waals surface area contributed by atoms with Crippen LogP contribution in [0.15, 0.2) is 24.3 Å². The summed E-state index contributed by atoms with van der Waals surface area (Å²) in [5.74, 6) is -0.510. The van der Waals surface area contributed by atoms with Gasteiger partial charge in [0.25, 0.3) is 0 Å². The Morgan fingerprint density at radius 3 is 1.25 bits per heavy atom. The van der Waals surface area contributed by atoms with Crippen molar-refractivity contribution in [1.82, 2.24) is 5.32 Å². The van der Waals surface area contributed by atoms with E-state index in [4.69, 9.17) is 13.8 Å². The molecule has 0 aliphatic carbocycles. The monoisotopic (exact) mass is 996 g/mol. The third-order valence-electron chi connectivity index (χ3n) is 13.4. The SMILES string of the molecule is CCCCCCCCC/C=C\CCCCCC(=O)OC(/C=C/CCCCCCCCCCCC)C(COP(=O)(O)OCC[N+](C)(C)C)NC(=O)CCCCCCCCCCCCCCCCCCC. The van der Waals surface area contributed by atoms with Crippen LogP contribution in [0.3, 0.4) is 0 Å². The van der Waals surface area contributed by atoms with Gasteiger partial charge < -0.3 is 19.4 Å². The number of allylic oxidation sites excluding steroid dienone is 3. The summed E-state index contributed by atoms with van der Waals surface area (Å²) in [4.78, 5) is 37.6. The van der Waals surface area contributed by atoms with Gasteiger partial charge in [0.15, 0.2) is 0 Å². The topological polar surface area (TPSA) is 111 Å². The molecule has 2 N–H and O–H groups in total. The molecule has 0 radical (unpaired) electrons. The molecule has 1 amide bonds. The van der Waals surface area contributed by atoms with Gasteiger partial charge in [-0.05, 0) is 57.4 Å². The zero-order chi connectivity index (χ0) is 50.8. The van der Waals surface area contributed by atoms with Gasteiger partial charge in [-0.15, -0.1) is 0 Å². The normalized spacial score (nSPS) is 13.9. The Bertz CT molecular complexity index is 1240. The number of amides is 1. The maximum absolute atomic E-state index is 13.5. The molecule has 0 fully saturated rings. The molecule has 3 unspecified atom stereocenters. The quantitative estimate of drug-likeness (QED) is 0.0205. The number of nitrogens with zero attached hydrogens (tertiary/aromatic N) is 1. The van der Waals surface area contributed by atoms with Crippen molar-refractivity contribution in [1.29, 1.82) is 0 Å². The number of rotatable bonds is 54. The van der Waals surface area contributed by atoms with Crippen LogP contribution in [0.5, 0.6) is 0 Å². The first-order chi connectivity index (χ1) is 33.4. The van der Waals surface area contributed by atoms with Gasteiger partial charge in [0, 0.05) is 12.8 Å². The lowest BCUT2D eigenvalue weighted by Gasteiger charge is -2.27. The van der Waals surface area contributed by atoms with E-state index < -0.39 is 20.0 Å². The summed E-state index contributed by atoms with van der Waals surface area (Å²) < 4.78 is 30.6. The lowest BCUT2D eigenvalue weighted by molar-refractivity contribution is -0.870. The van der Waals surface area contributed by atoms with Crippen LogP contribution in [0, 0.1) is 0 Å². The van der Waals surface area contributed by atoms with Crippen molar-refractivity contribution < 1.29 is 37.3 Å². The summed E-state index contributed by atoms with van der Waals surface area (Å²) in [7, 11) is 1.50. The van der Waals surface area contributed by atoms with Crippen LogP contribution in [-0.2, 0) is 27.9 Å². The van der Waals surface area contributed by atoms with E-state index in [0.29, 0.717) is 17.4 Å². The van der Waals surface area contributed by atoms with E-state index in [1.54, 1.807) is 0 Å². The number of likely N-dealkylation sites (N-methyl/N-ethyl adjacent to an activating group) is 1. The first-order valence-electron chi connectivity index (χ1n) is 29.7. The van der Waals surface area contributed by atoms with Crippen LogP contribution < -0.4 is 5.32 Å². The van der Waals surface area contributed by atoms with Crippen molar-refractivity contribution >= 4 is 19.7 Å². The highest BCUT2D eigenvalue weighted by atomic mass is 31.2. The summed E-state index contributed by atoms with van der Waals surface area (Å²) in [5, 5.41) is 3.05. The van der Waals surface area contributed by atoms with E-state index in [2.05, 4.69) is 38.2 Å². The fourth-order valence-electron chi connectivity index (χ4n) is 8.76. The lowest BCUT2D eigenvalue weighted by Crippen LogP contribution is -2.47. The van der Waals surface area contributed by atoms with Crippen molar-refractivity contribution in [3.05, 3.63) is 24.3 Å². The molecule has 0 aliphatic heterocycles. The highest BCUT2D eigenvalue weighted by Crippen LogP contribution is 2.43. The number of quaternary nitrogens is 1. The Hall–Kier alpha value is -1.51. The second-order valence-electron chi connectivity index (χ2n) is 21.5. The summed E-state index contributed by atoms with van der Waals surface area (Å²) in [6.45, 7) is 7.03. The molecule has 0 saturated carbocycles. The maximum Gasteiger partial charge on any atom is 0.472 e. The number of nitrogens with one attached hydrogen (secondary N) is 1. The zero-order valence-corrected chi connectivity index (χ0v) is 47.5. The van der Waals surface area contributed by atoms with Gasteiger partial charge in [-0.2, -0.15) is 0 Å². The second kappa shape index (κ2) is 50.0. The Labute approximate surface area is 428 Å². The summed E-state index contributed by atoms with van der Waals surface area (Å²) in [6.07, 6.45) is 57.4.